The number of carboxylic acids is 1. The molecule has 0 spiro atoms. The Bertz CT molecular complexity index is 456. The zero-order chi connectivity index (χ0) is 13.8. The molecule has 6 nitrogen and oxygen atoms in total. The normalized spacial score (nSPS) is 13.5. The number of hydrogen-bond acceptors (Lipinski definition) is 4. The minimum atomic E-state index is -2.00. The molecule has 1 unspecified atom stereocenters. The Labute approximate surface area is 104 Å². The van der Waals surface area contributed by atoms with Crippen LogP contribution >= 0.6 is 0 Å². The van der Waals surface area contributed by atoms with Crippen LogP contribution in [0.15, 0.2) is 24.3 Å². The fourth-order valence-corrected chi connectivity index (χ4v) is 1.26. The van der Waals surface area contributed by atoms with Gasteiger partial charge in [0.15, 0.2) is 5.60 Å². The first-order valence-corrected chi connectivity index (χ1v) is 5.25. The predicted octanol–water partition coefficient (Wildman–Crippen LogP) is 0.261. The van der Waals surface area contributed by atoms with Gasteiger partial charge in [0.1, 0.15) is 5.75 Å². The van der Waals surface area contributed by atoms with Gasteiger partial charge in [-0.05, 0) is 19.1 Å². The standard InChI is InChI=1S/C12H15NO5/c1-12(17,11(15)16)7-13-10(14)8-5-3-4-6-9(8)18-2/h3-6,17H,7H2,1-2H3,(H,13,14)(H,15,16). The zero-order valence-corrected chi connectivity index (χ0v) is 10.1. The molecule has 3 N–H and O–H groups in total. The maximum atomic E-state index is 11.8. The van der Waals surface area contributed by atoms with Crippen molar-refractivity contribution in [3.63, 3.8) is 0 Å². The molecule has 0 fully saturated rings. The van der Waals surface area contributed by atoms with E-state index < -0.39 is 17.5 Å². The van der Waals surface area contributed by atoms with Crippen molar-refractivity contribution in [1.82, 2.24) is 5.32 Å². The Morgan fingerprint density at radius 3 is 2.56 bits per heavy atom. The number of rotatable bonds is 5. The highest BCUT2D eigenvalue weighted by Gasteiger charge is 2.30. The maximum Gasteiger partial charge on any atom is 0.337 e. The molecule has 18 heavy (non-hydrogen) atoms. The van der Waals surface area contributed by atoms with E-state index in [1.807, 2.05) is 0 Å². The van der Waals surface area contributed by atoms with Crippen LogP contribution < -0.4 is 10.1 Å². The number of ether oxygens (including phenoxy) is 1. The van der Waals surface area contributed by atoms with E-state index in [4.69, 9.17) is 9.84 Å². The van der Waals surface area contributed by atoms with Crippen molar-refractivity contribution in [2.45, 2.75) is 12.5 Å². The van der Waals surface area contributed by atoms with Crippen molar-refractivity contribution < 1.29 is 24.5 Å². The van der Waals surface area contributed by atoms with Gasteiger partial charge in [-0.1, -0.05) is 12.1 Å². The van der Waals surface area contributed by atoms with E-state index in [9.17, 15) is 14.7 Å². The summed E-state index contributed by atoms with van der Waals surface area (Å²) in [4.78, 5) is 22.5. The quantitative estimate of drug-likeness (QED) is 0.699. The summed E-state index contributed by atoms with van der Waals surface area (Å²) in [6, 6.07) is 6.53. The number of carboxylic acid groups (broad SMARTS) is 1. The molecule has 1 atom stereocenters. The molecule has 0 aliphatic heterocycles. The first-order valence-electron chi connectivity index (χ1n) is 5.25. The van der Waals surface area contributed by atoms with Crippen molar-refractivity contribution in [3.8, 4) is 5.75 Å². The van der Waals surface area contributed by atoms with Crippen molar-refractivity contribution in [2.75, 3.05) is 13.7 Å². The molecule has 0 saturated heterocycles. The minimum absolute atomic E-state index is 0.279. The van der Waals surface area contributed by atoms with Crippen molar-refractivity contribution in [1.29, 1.82) is 0 Å². The van der Waals surface area contributed by atoms with Crippen LogP contribution in [-0.2, 0) is 4.79 Å². The van der Waals surface area contributed by atoms with Crippen LogP contribution in [0.5, 0.6) is 5.75 Å². The number of benzene rings is 1. The Balaban J connectivity index is 2.75. The molecule has 1 aromatic rings. The first-order chi connectivity index (χ1) is 8.38. The van der Waals surface area contributed by atoms with Gasteiger partial charge in [0, 0.05) is 0 Å². The molecule has 0 aliphatic rings. The Kier molecular flexibility index (Phi) is 4.28. The van der Waals surface area contributed by atoms with Crippen LogP contribution in [0.3, 0.4) is 0 Å². The molecule has 0 heterocycles. The first kappa shape index (κ1) is 14.0. The topological polar surface area (TPSA) is 95.9 Å². The number of nitrogens with one attached hydrogen (secondary N) is 1. The van der Waals surface area contributed by atoms with Gasteiger partial charge in [-0.25, -0.2) is 4.79 Å². The second-order valence-corrected chi connectivity index (χ2v) is 3.96. The van der Waals surface area contributed by atoms with Crippen molar-refractivity contribution in [2.24, 2.45) is 0 Å². The molecule has 0 aliphatic carbocycles. The Morgan fingerprint density at radius 2 is 2.00 bits per heavy atom. The van der Waals surface area contributed by atoms with Crippen LogP contribution in [0.25, 0.3) is 0 Å². The molecule has 0 aromatic heterocycles. The average Bonchev–Trinajstić information content (AvgIpc) is 2.35. The number of carbonyl (C=O) groups excluding carboxylic acids is 1. The van der Waals surface area contributed by atoms with E-state index in [0.717, 1.165) is 6.92 Å². The molecular weight excluding hydrogens is 238 g/mol. The van der Waals surface area contributed by atoms with E-state index in [-0.39, 0.29) is 12.1 Å². The smallest absolute Gasteiger partial charge is 0.337 e. The number of carbonyl (C=O) groups is 2. The van der Waals surface area contributed by atoms with Gasteiger partial charge in [0.2, 0.25) is 0 Å². The van der Waals surface area contributed by atoms with Gasteiger partial charge in [0.05, 0.1) is 19.2 Å². The van der Waals surface area contributed by atoms with E-state index in [1.165, 1.54) is 7.11 Å². The summed E-state index contributed by atoms with van der Waals surface area (Å²) in [5, 5.41) is 20.5. The average molecular weight is 253 g/mol. The second kappa shape index (κ2) is 5.50. The lowest BCUT2D eigenvalue weighted by Crippen LogP contribution is -2.46. The van der Waals surface area contributed by atoms with Gasteiger partial charge >= 0.3 is 5.97 Å². The largest absolute Gasteiger partial charge is 0.496 e. The number of para-hydroxylation sites is 1. The fraction of sp³-hybridized carbons (Fsp3) is 0.333. The molecule has 1 amide bonds. The number of aliphatic carboxylic acids is 1. The molecule has 1 aromatic carbocycles. The molecular formula is C12H15NO5. The molecule has 0 bridgehead atoms. The number of aliphatic hydroxyl groups is 1. The second-order valence-electron chi connectivity index (χ2n) is 3.96. The zero-order valence-electron chi connectivity index (χ0n) is 10.1. The summed E-state index contributed by atoms with van der Waals surface area (Å²) in [6.07, 6.45) is 0. The number of amides is 1. The van der Waals surface area contributed by atoms with Crippen molar-refractivity contribution >= 4 is 11.9 Å². The fourth-order valence-electron chi connectivity index (χ4n) is 1.26. The SMILES string of the molecule is COc1ccccc1C(=O)NCC(C)(O)C(=O)O. The van der Waals surface area contributed by atoms with Gasteiger partial charge < -0.3 is 20.3 Å². The van der Waals surface area contributed by atoms with Gasteiger partial charge in [-0.2, -0.15) is 0 Å². The van der Waals surface area contributed by atoms with Crippen LogP contribution in [0, 0.1) is 0 Å². The summed E-state index contributed by atoms with van der Waals surface area (Å²) in [5.74, 6) is -1.53. The lowest BCUT2D eigenvalue weighted by Gasteiger charge is -2.18. The third-order valence-electron chi connectivity index (χ3n) is 2.41. The predicted molar refractivity (Wildman–Crippen MR) is 63.6 cm³/mol. The third-order valence-corrected chi connectivity index (χ3v) is 2.41. The lowest BCUT2D eigenvalue weighted by molar-refractivity contribution is -0.155. The monoisotopic (exact) mass is 253 g/mol. The van der Waals surface area contributed by atoms with Gasteiger partial charge in [-0.15, -0.1) is 0 Å². The van der Waals surface area contributed by atoms with Gasteiger partial charge in [-0.3, -0.25) is 4.79 Å². The van der Waals surface area contributed by atoms with Crippen LogP contribution in [0.2, 0.25) is 0 Å². The lowest BCUT2D eigenvalue weighted by atomic mass is 10.1. The van der Waals surface area contributed by atoms with Gasteiger partial charge in [0.25, 0.3) is 5.91 Å². The van der Waals surface area contributed by atoms with E-state index in [2.05, 4.69) is 5.32 Å². The third kappa shape index (κ3) is 3.21. The summed E-state index contributed by atoms with van der Waals surface area (Å²) < 4.78 is 5.01. The van der Waals surface area contributed by atoms with E-state index >= 15 is 0 Å². The number of methoxy groups -OCH3 is 1. The molecule has 98 valence electrons. The summed E-state index contributed by atoms with van der Waals surface area (Å²) in [5.41, 5.74) is -1.72. The highest BCUT2D eigenvalue weighted by atomic mass is 16.5. The molecule has 0 radical (unpaired) electrons. The van der Waals surface area contributed by atoms with E-state index in [0.29, 0.717) is 5.75 Å². The van der Waals surface area contributed by atoms with Crippen LogP contribution in [0.1, 0.15) is 17.3 Å². The highest BCUT2D eigenvalue weighted by molar-refractivity contribution is 5.97. The summed E-state index contributed by atoms with van der Waals surface area (Å²) >= 11 is 0. The molecule has 0 saturated carbocycles. The summed E-state index contributed by atoms with van der Waals surface area (Å²) in [6.45, 7) is 0.719. The molecule has 6 heteroatoms. The van der Waals surface area contributed by atoms with Crippen LogP contribution in [0.4, 0.5) is 0 Å². The van der Waals surface area contributed by atoms with Crippen molar-refractivity contribution in [3.05, 3.63) is 29.8 Å². The molecule has 1 rings (SSSR count). The Morgan fingerprint density at radius 1 is 1.39 bits per heavy atom. The maximum absolute atomic E-state index is 11.8. The highest BCUT2D eigenvalue weighted by Crippen LogP contribution is 2.17. The summed E-state index contributed by atoms with van der Waals surface area (Å²) in [7, 11) is 1.43. The van der Waals surface area contributed by atoms with Crippen LogP contribution in [-0.4, -0.2) is 41.3 Å². The Hall–Kier alpha value is -2.08. The minimum Gasteiger partial charge on any atom is -0.496 e. The van der Waals surface area contributed by atoms with E-state index in [1.54, 1.807) is 24.3 Å². The number of hydrogen-bond donors (Lipinski definition) is 3.